The predicted octanol–water partition coefficient (Wildman–Crippen LogP) is 5.52. The van der Waals surface area contributed by atoms with E-state index in [4.69, 9.17) is 0 Å². The maximum atomic E-state index is 12.9. The van der Waals surface area contributed by atoms with Crippen LogP contribution in [0.15, 0.2) is 57.8 Å². The molecular weight excluding hydrogens is 454 g/mol. The molecule has 0 spiro atoms. The van der Waals surface area contributed by atoms with E-state index in [2.05, 4.69) is 33.9 Å². The van der Waals surface area contributed by atoms with Gasteiger partial charge in [-0.05, 0) is 48.2 Å². The quantitative estimate of drug-likeness (QED) is 0.461. The Morgan fingerprint density at radius 1 is 1.19 bits per heavy atom. The molecule has 3 rings (SSSR count). The molecule has 0 bridgehead atoms. The van der Waals surface area contributed by atoms with Crippen LogP contribution in [0.4, 0.5) is 0 Å². The fourth-order valence-corrected chi connectivity index (χ4v) is 4.05. The first-order valence-electron chi connectivity index (χ1n) is 10.6. The largest absolute Gasteiger partial charge is 0.494 e. The Labute approximate surface area is 191 Å². The highest BCUT2D eigenvalue weighted by Gasteiger charge is 2.23. The maximum absolute atomic E-state index is 12.9. The van der Waals surface area contributed by atoms with Crippen LogP contribution in [0.25, 0.3) is 0 Å². The van der Waals surface area contributed by atoms with Crippen molar-refractivity contribution >= 4 is 15.9 Å². The first-order chi connectivity index (χ1) is 15.0. The van der Waals surface area contributed by atoms with Crippen molar-refractivity contribution < 1.29 is 5.11 Å². The van der Waals surface area contributed by atoms with Gasteiger partial charge in [-0.25, -0.2) is 0 Å². The number of halogens is 1. The van der Waals surface area contributed by atoms with Crippen molar-refractivity contribution in [2.75, 3.05) is 0 Å². The van der Waals surface area contributed by atoms with Crippen molar-refractivity contribution in [1.82, 2.24) is 9.55 Å². The summed E-state index contributed by atoms with van der Waals surface area (Å²) in [7, 11) is 0. The molecule has 3 aromatic rings. The molecular formula is C25H26BrN3O2. The molecule has 1 atom stereocenters. The average Bonchev–Trinajstić information content (AvgIpc) is 2.78. The molecule has 0 amide bonds. The molecule has 0 aliphatic carbocycles. The minimum Gasteiger partial charge on any atom is -0.494 e. The summed E-state index contributed by atoms with van der Waals surface area (Å²) in [5.41, 5.74) is 2.30. The van der Waals surface area contributed by atoms with Gasteiger partial charge in [-0.3, -0.25) is 9.36 Å². The van der Waals surface area contributed by atoms with Gasteiger partial charge in [0.1, 0.15) is 5.82 Å². The molecule has 1 aromatic heterocycles. The van der Waals surface area contributed by atoms with E-state index in [1.807, 2.05) is 49.4 Å². The smallest absolute Gasteiger partial charge is 0.280 e. The van der Waals surface area contributed by atoms with Crippen molar-refractivity contribution in [1.29, 1.82) is 5.26 Å². The summed E-state index contributed by atoms with van der Waals surface area (Å²) >= 11 is 3.42. The first-order valence-corrected chi connectivity index (χ1v) is 11.4. The molecule has 2 aromatic carbocycles. The zero-order valence-corrected chi connectivity index (χ0v) is 19.4. The second-order valence-electron chi connectivity index (χ2n) is 7.57. The van der Waals surface area contributed by atoms with Crippen molar-refractivity contribution in [2.45, 2.75) is 52.0 Å². The van der Waals surface area contributed by atoms with Gasteiger partial charge in [0, 0.05) is 17.3 Å². The van der Waals surface area contributed by atoms with E-state index >= 15 is 0 Å². The zero-order chi connectivity index (χ0) is 22.4. The number of aromatic nitrogens is 2. The minimum atomic E-state index is -0.386. The molecule has 1 heterocycles. The van der Waals surface area contributed by atoms with Crippen molar-refractivity contribution in [3.63, 3.8) is 0 Å². The Morgan fingerprint density at radius 3 is 2.58 bits per heavy atom. The Morgan fingerprint density at radius 2 is 1.94 bits per heavy atom. The number of nitrogens with zero attached hydrogens (tertiary/aromatic N) is 3. The van der Waals surface area contributed by atoms with E-state index in [0.717, 1.165) is 28.4 Å². The van der Waals surface area contributed by atoms with Crippen LogP contribution in [0.3, 0.4) is 0 Å². The Balaban J connectivity index is 2.15. The molecule has 6 heteroatoms. The summed E-state index contributed by atoms with van der Waals surface area (Å²) in [6.45, 7) is 4.11. The summed E-state index contributed by atoms with van der Waals surface area (Å²) in [4.78, 5) is 17.3. The summed E-state index contributed by atoms with van der Waals surface area (Å²) in [5, 5.41) is 20.6. The third-order valence-electron chi connectivity index (χ3n) is 5.41. The fraction of sp³-hybridized carbons (Fsp3) is 0.320. The minimum absolute atomic E-state index is 0.0387. The molecule has 0 aliphatic heterocycles. The maximum Gasteiger partial charge on any atom is 0.280 e. The summed E-state index contributed by atoms with van der Waals surface area (Å²) < 4.78 is 2.75. The number of aryl methyl sites for hydroxylation is 1. The number of rotatable bonds is 8. The number of unbranched alkanes of at least 4 members (excludes halogenated alkanes) is 1. The van der Waals surface area contributed by atoms with E-state index in [1.54, 1.807) is 10.6 Å². The SMILES string of the molecule is CCCCc1nc(=O)c(Cc2ccc(Br)cc2)c(O)n1[C@@H](CC)c1cccc(C#N)c1. The van der Waals surface area contributed by atoms with Gasteiger partial charge in [-0.15, -0.1) is 0 Å². The van der Waals surface area contributed by atoms with Crippen LogP contribution in [0.1, 0.15) is 67.2 Å². The zero-order valence-electron chi connectivity index (χ0n) is 17.8. The lowest BCUT2D eigenvalue weighted by Gasteiger charge is -2.25. The van der Waals surface area contributed by atoms with Crippen LogP contribution < -0.4 is 5.56 Å². The number of hydrogen-bond donors (Lipinski definition) is 1. The molecule has 0 radical (unpaired) electrons. The lowest BCUT2D eigenvalue weighted by Crippen LogP contribution is -2.25. The van der Waals surface area contributed by atoms with Crippen LogP contribution in [-0.2, 0) is 12.8 Å². The monoisotopic (exact) mass is 479 g/mol. The van der Waals surface area contributed by atoms with Gasteiger partial charge in [0.05, 0.1) is 23.2 Å². The normalized spacial score (nSPS) is 11.8. The number of nitriles is 1. The number of benzene rings is 2. The predicted molar refractivity (Wildman–Crippen MR) is 125 cm³/mol. The summed E-state index contributed by atoms with van der Waals surface area (Å²) in [5.74, 6) is 0.543. The van der Waals surface area contributed by atoms with E-state index < -0.39 is 0 Å². The van der Waals surface area contributed by atoms with Gasteiger partial charge in [0.2, 0.25) is 5.88 Å². The average molecular weight is 480 g/mol. The third kappa shape index (κ3) is 5.23. The second-order valence-corrected chi connectivity index (χ2v) is 8.49. The van der Waals surface area contributed by atoms with Gasteiger partial charge in [0.25, 0.3) is 5.56 Å². The van der Waals surface area contributed by atoms with Crippen LogP contribution in [0.2, 0.25) is 0 Å². The Bertz CT molecular complexity index is 1150. The Kier molecular flexibility index (Phi) is 7.64. The molecule has 1 N–H and O–H groups in total. The standard InChI is InChI=1S/C25H26BrN3O2/c1-3-5-9-23-28-24(30)21(15-17-10-12-20(26)13-11-17)25(31)29(23)22(4-2)19-8-6-7-18(14-19)16-27/h6-8,10-14,22,31H,3-5,9,15H2,1-2H3/t22-/m0/s1. The van der Waals surface area contributed by atoms with Gasteiger partial charge in [-0.1, -0.05) is 60.5 Å². The van der Waals surface area contributed by atoms with Gasteiger partial charge in [0.15, 0.2) is 0 Å². The van der Waals surface area contributed by atoms with Crippen molar-refractivity contribution in [3.05, 3.63) is 91.4 Å². The highest BCUT2D eigenvalue weighted by atomic mass is 79.9. The van der Waals surface area contributed by atoms with E-state index in [1.165, 1.54) is 0 Å². The molecule has 31 heavy (non-hydrogen) atoms. The third-order valence-corrected chi connectivity index (χ3v) is 5.94. The van der Waals surface area contributed by atoms with Gasteiger partial charge < -0.3 is 5.11 Å². The molecule has 0 saturated carbocycles. The molecule has 5 nitrogen and oxygen atoms in total. The molecule has 160 valence electrons. The van der Waals surface area contributed by atoms with E-state index in [0.29, 0.717) is 30.7 Å². The molecule has 0 fully saturated rings. The van der Waals surface area contributed by atoms with Crippen LogP contribution >= 0.6 is 15.9 Å². The highest BCUT2D eigenvalue weighted by Crippen LogP contribution is 2.31. The second kappa shape index (κ2) is 10.4. The Hall–Kier alpha value is -2.91. The van der Waals surface area contributed by atoms with Gasteiger partial charge >= 0.3 is 0 Å². The first kappa shape index (κ1) is 22.8. The fourth-order valence-electron chi connectivity index (χ4n) is 3.78. The highest BCUT2D eigenvalue weighted by molar-refractivity contribution is 9.10. The van der Waals surface area contributed by atoms with Crippen LogP contribution in [-0.4, -0.2) is 14.7 Å². The number of hydrogen-bond acceptors (Lipinski definition) is 4. The lowest BCUT2D eigenvalue weighted by atomic mass is 10.00. The number of aromatic hydroxyl groups is 1. The van der Waals surface area contributed by atoms with Crippen molar-refractivity contribution in [2.24, 2.45) is 0 Å². The van der Waals surface area contributed by atoms with Gasteiger partial charge in [-0.2, -0.15) is 10.2 Å². The van der Waals surface area contributed by atoms with Crippen molar-refractivity contribution in [3.8, 4) is 11.9 Å². The molecule has 0 saturated heterocycles. The summed E-state index contributed by atoms with van der Waals surface area (Å²) in [6, 6.07) is 17.0. The topological polar surface area (TPSA) is 78.9 Å². The van der Waals surface area contributed by atoms with Crippen LogP contribution in [0, 0.1) is 11.3 Å². The van der Waals surface area contributed by atoms with Crippen LogP contribution in [0.5, 0.6) is 5.88 Å². The van der Waals surface area contributed by atoms with E-state index in [-0.39, 0.29) is 23.0 Å². The lowest BCUT2D eigenvalue weighted by molar-refractivity contribution is 0.368. The summed E-state index contributed by atoms with van der Waals surface area (Å²) in [6.07, 6.45) is 3.41. The molecule has 0 aliphatic rings. The van der Waals surface area contributed by atoms with E-state index in [9.17, 15) is 15.2 Å². The molecule has 0 unspecified atom stereocenters.